The SMILES string of the molecule is Cc1cc(Oc2ncccn2)ccc1NC(=O)C1CC(c2ccc(Br)cc2)NN1. The number of aryl methyl sites for hydroxylation is 1. The first kappa shape index (κ1) is 19.5. The van der Waals surface area contributed by atoms with Crippen molar-refractivity contribution in [2.75, 3.05) is 5.32 Å². The van der Waals surface area contributed by atoms with Crippen LogP contribution in [0, 0.1) is 6.92 Å². The zero-order valence-electron chi connectivity index (χ0n) is 15.7. The van der Waals surface area contributed by atoms with Gasteiger partial charge < -0.3 is 10.1 Å². The Balaban J connectivity index is 1.37. The van der Waals surface area contributed by atoms with Crippen LogP contribution in [0.5, 0.6) is 11.8 Å². The number of hydrogen-bond acceptors (Lipinski definition) is 6. The Morgan fingerprint density at radius 3 is 2.62 bits per heavy atom. The molecule has 0 aliphatic carbocycles. The Morgan fingerprint density at radius 1 is 1.14 bits per heavy atom. The highest BCUT2D eigenvalue weighted by molar-refractivity contribution is 9.10. The second kappa shape index (κ2) is 8.69. The van der Waals surface area contributed by atoms with E-state index in [1.54, 1.807) is 24.5 Å². The number of hydrazine groups is 1. The van der Waals surface area contributed by atoms with Crippen molar-refractivity contribution in [3.8, 4) is 11.8 Å². The number of hydrogen-bond donors (Lipinski definition) is 3. The molecule has 3 N–H and O–H groups in total. The predicted molar refractivity (Wildman–Crippen MR) is 113 cm³/mol. The van der Waals surface area contributed by atoms with E-state index in [1.165, 1.54) is 0 Å². The fraction of sp³-hybridized carbons (Fsp3) is 0.190. The number of ether oxygens (including phenoxy) is 1. The highest BCUT2D eigenvalue weighted by Gasteiger charge is 2.30. The number of carbonyl (C=O) groups is 1. The molecule has 1 aliphatic heterocycles. The van der Waals surface area contributed by atoms with Gasteiger partial charge in [-0.15, -0.1) is 0 Å². The number of carbonyl (C=O) groups excluding carboxylic acids is 1. The molecule has 0 radical (unpaired) electrons. The van der Waals surface area contributed by atoms with Gasteiger partial charge in [0.25, 0.3) is 0 Å². The van der Waals surface area contributed by atoms with Gasteiger partial charge >= 0.3 is 6.01 Å². The summed E-state index contributed by atoms with van der Waals surface area (Å²) < 4.78 is 6.66. The molecule has 1 fully saturated rings. The Kier molecular flexibility index (Phi) is 5.84. The molecule has 0 saturated carbocycles. The topological polar surface area (TPSA) is 88.2 Å². The monoisotopic (exact) mass is 453 g/mol. The Hall–Kier alpha value is -2.81. The van der Waals surface area contributed by atoms with Crippen LogP contribution in [0.2, 0.25) is 0 Å². The molecule has 0 spiro atoms. The summed E-state index contributed by atoms with van der Waals surface area (Å²) in [6.45, 7) is 1.92. The second-order valence-corrected chi connectivity index (χ2v) is 7.70. The van der Waals surface area contributed by atoms with Gasteiger partial charge in [0.2, 0.25) is 5.91 Å². The number of rotatable bonds is 5. The molecule has 148 valence electrons. The van der Waals surface area contributed by atoms with Gasteiger partial charge in [-0.2, -0.15) is 0 Å². The molecule has 1 amide bonds. The first-order valence-corrected chi connectivity index (χ1v) is 10.0. The quantitative estimate of drug-likeness (QED) is 0.543. The lowest BCUT2D eigenvalue weighted by Gasteiger charge is -2.13. The van der Waals surface area contributed by atoms with Crippen molar-refractivity contribution in [3.05, 3.63) is 76.5 Å². The molecule has 3 aromatic rings. The highest BCUT2D eigenvalue weighted by Crippen LogP contribution is 2.27. The van der Waals surface area contributed by atoms with Crippen molar-refractivity contribution in [2.24, 2.45) is 0 Å². The summed E-state index contributed by atoms with van der Waals surface area (Å²) >= 11 is 3.44. The molecule has 29 heavy (non-hydrogen) atoms. The molecule has 1 saturated heterocycles. The normalized spacial score (nSPS) is 18.4. The van der Waals surface area contributed by atoms with E-state index >= 15 is 0 Å². The molecule has 4 rings (SSSR count). The summed E-state index contributed by atoms with van der Waals surface area (Å²) in [7, 11) is 0. The van der Waals surface area contributed by atoms with Crippen molar-refractivity contribution in [3.63, 3.8) is 0 Å². The van der Waals surface area contributed by atoms with Crippen LogP contribution >= 0.6 is 15.9 Å². The molecular weight excluding hydrogens is 434 g/mol. The minimum Gasteiger partial charge on any atom is -0.424 e. The number of nitrogens with one attached hydrogen (secondary N) is 3. The van der Waals surface area contributed by atoms with Gasteiger partial charge in [-0.1, -0.05) is 28.1 Å². The standard InChI is InChI=1S/C21H20BrN5O2/c1-13-11-16(29-21-23-9-2-10-24-21)7-8-17(13)25-20(28)19-12-18(26-27-19)14-3-5-15(22)6-4-14/h2-11,18-19,26-27H,12H2,1H3,(H,25,28). The summed E-state index contributed by atoms with van der Waals surface area (Å²) in [5.74, 6) is 0.530. The number of halogens is 1. The van der Waals surface area contributed by atoms with Gasteiger partial charge in [0, 0.05) is 28.6 Å². The third kappa shape index (κ3) is 4.79. The van der Waals surface area contributed by atoms with E-state index in [4.69, 9.17) is 4.74 Å². The average molecular weight is 454 g/mol. The number of amides is 1. The van der Waals surface area contributed by atoms with Crippen LogP contribution in [0.4, 0.5) is 5.69 Å². The lowest BCUT2D eigenvalue weighted by atomic mass is 10.0. The molecule has 1 aliphatic rings. The smallest absolute Gasteiger partial charge is 0.321 e. The summed E-state index contributed by atoms with van der Waals surface area (Å²) in [6.07, 6.45) is 3.90. The summed E-state index contributed by atoms with van der Waals surface area (Å²) in [5.41, 5.74) is 9.06. The minimum atomic E-state index is -0.323. The second-order valence-electron chi connectivity index (χ2n) is 6.78. The number of aromatic nitrogens is 2. The molecule has 2 aromatic carbocycles. The lowest BCUT2D eigenvalue weighted by molar-refractivity contribution is -0.117. The van der Waals surface area contributed by atoms with Gasteiger partial charge in [0.05, 0.1) is 0 Å². The number of benzene rings is 2. The zero-order valence-corrected chi connectivity index (χ0v) is 17.3. The van der Waals surface area contributed by atoms with Crippen molar-refractivity contribution in [1.29, 1.82) is 0 Å². The lowest BCUT2D eigenvalue weighted by Crippen LogP contribution is -2.39. The van der Waals surface area contributed by atoms with Gasteiger partial charge in [0.1, 0.15) is 11.8 Å². The predicted octanol–water partition coefficient (Wildman–Crippen LogP) is 3.89. The van der Waals surface area contributed by atoms with Crippen LogP contribution in [0.1, 0.15) is 23.6 Å². The minimum absolute atomic E-state index is 0.0831. The average Bonchev–Trinajstić information content (AvgIpc) is 3.22. The molecule has 0 bridgehead atoms. The Bertz CT molecular complexity index is 998. The number of nitrogens with zero attached hydrogens (tertiary/aromatic N) is 2. The largest absolute Gasteiger partial charge is 0.424 e. The first-order valence-electron chi connectivity index (χ1n) is 9.21. The molecule has 2 unspecified atom stereocenters. The van der Waals surface area contributed by atoms with Crippen LogP contribution in [0.25, 0.3) is 0 Å². The zero-order chi connectivity index (χ0) is 20.2. The van der Waals surface area contributed by atoms with Gasteiger partial charge in [-0.05, 0) is 60.9 Å². The van der Waals surface area contributed by atoms with Crippen molar-refractivity contribution < 1.29 is 9.53 Å². The Labute approximate surface area is 177 Å². The molecule has 8 heteroatoms. The maximum absolute atomic E-state index is 12.7. The van der Waals surface area contributed by atoms with Gasteiger partial charge in [0.15, 0.2) is 0 Å². The molecule has 2 heterocycles. The van der Waals surface area contributed by atoms with Crippen molar-refractivity contribution >= 4 is 27.5 Å². The van der Waals surface area contributed by atoms with Gasteiger partial charge in [-0.3, -0.25) is 4.79 Å². The van der Waals surface area contributed by atoms with E-state index in [0.717, 1.165) is 21.3 Å². The molecule has 7 nitrogen and oxygen atoms in total. The van der Waals surface area contributed by atoms with Crippen LogP contribution < -0.4 is 20.9 Å². The fourth-order valence-corrected chi connectivity index (χ4v) is 3.41. The first-order chi connectivity index (χ1) is 14.1. The van der Waals surface area contributed by atoms with Crippen molar-refractivity contribution in [2.45, 2.75) is 25.4 Å². The van der Waals surface area contributed by atoms with Crippen LogP contribution in [0.3, 0.4) is 0 Å². The summed E-state index contributed by atoms with van der Waals surface area (Å²) in [5, 5.41) is 2.99. The van der Waals surface area contributed by atoms with E-state index in [9.17, 15) is 4.79 Å². The van der Waals surface area contributed by atoms with Crippen molar-refractivity contribution in [1.82, 2.24) is 20.8 Å². The van der Waals surface area contributed by atoms with Gasteiger partial charge in [-0.25, -0.2) is 20.8 Å². The van der Waals surface area contributed by atoms with E-state index in [1.807, 2.05) is 43.3 Å². The molecule has 2 atom stereocenters. The maximum Gasteiger partial charge on any atom is 0.321 e. The molecular formula is C21H20BrN5O2. The molecule has 1 aromatic heterocycles. The summed E-state index contributed by atoms with van der Waals surface area (Å²) in [4.78, 5) is 20.8. The third-order valence-electron chi connectivity index (χ3n) is 4.70. The van der Waals surface area contributed by atoms with Crippen LogP contribution in [-0.2, 0) is 4.79 Å². The number of anilines is 1. The van der Waals surface area contributed by atoms with E-state index in [-0.39, 0.29) is 24.0 Å². The van der Waals surface area contributed by atoms with Crippen LogP contribution in [0.15, 0.2) is 65.4 Å². The Morgan fingerprint density at radius 2 is 1.90 bits per heavy atom. The highest BCUT2D eigenvalue weighted by atomic mass is 79.9. The van der Waals surface area contributed by atoms with E-state index in [2.05, 4.69) is 42.1 Å². The van der Waals surface area contributed by atoms with E-state index < -0.39 is 0 Å². The maximum atomic E-state index is 12.7. The van der Waals surface area contributed by atoms with E-state index in [0.29, 0.717) is 12.2 Å². The third-order valence-corrected chi connectivity index (χ3v) is 5.23. The van der Waals surface area contributed by atoms with Crippen LogP contribution in [-0.4, -0.2) is 21.9 Å². The summed E-state index contributed by atoms with van der Waals surface area (Å²) in [6, 6.07) is 15.3. The fourth-order valence-electron chi connectivity index (χ4n) is 3.15.